The maximum absolute atomic E-state index is 12.0. The van der Waals surface area contributed by atoms with Gasteiger partial charge in [-0.3, -0.25) is 15.0 Å². The molecule has 132 valence electrons. The zero-order chi connectivity index (χ0) is 17.6. The van der Waals surface area contributed by atoms with Gasteiger partial charge in [0.1, 0.15) is 6.54 Å². The first-order chi connectivity index (χ1) is 11.3. The number of likely N-dealkylation sites (tertiary alicyclic amines) is 1. The Labute approximate surface area is 138 Å². The van der Waals surface area contributed by atoms with E-state index in [4.69, 9.17) is 0 Å². The monoisotopic (exact) mass is 343 g/mol. The number of hydrogen-bond acceptors (Lipinski definition) is 3. The standard InChI is InChI=1S/C16H20F3N3O2/c17-16(18,19)11-20-15(24)21-14(23)10-22-8-4-7-13(22)9-12-5-2-1-3-6-12/h1-3,5-6,13H,4,7-11H2,(H2,20,21,23,24)/t13-/m1/s1. The van der Waals surface area contributed by atoms with Gasteiger partial charge in [-0.25, -0.2) is 4.79 Å². The highest BCUT2D eigenvalue weighted by molar-refractivity contribution is 5.95. The Balaban J connectivity index is 1.79. The van der Waals surface area contributed by atoms with E-state index < -0.39 is 24.7 Å². The summed E-state index contributed by atoms with van der Waals surface area (Å²) in [7, 11) is 0. The Hall–Kier alpha value is -2.09. The van der Waals surface area contributed by atoms with Gasteiger partial charge in [-0.05, 0) is 31.4 Å². The number of imide groups is 1. The first-order valence-electron chi connectivity index (χ1n) is 7.76. The van der Waals surface area contributed by atoms with Gasteiger partial charge < -0.3 is 5.32 Å². The van der Waals surface area contributed by atoms with E-state index in [0.717, 1.165) is 31.4 Å². The van der Waals surface area contributed by atoms with E-state index >= 15 is 0 Å². The van der Waals surface area contributed by atoms with Crippen molar-refractivity contribution in [2.75, 3.05) is 19.6 Å². The summed E-state index contributed by atoms with van der Waals surface area (Å²) in [5.74, 6) is -0.602. The van der Waals surface area contributed by atoms with Crippen molar-refractivity contribution < 1.29 is 22.8 Å². The molecule has 2 rings (SSSR count). The third-order valence-corrected chi connectivity index (χ3v) is 3.86. The number of amides is 3. The Kier molecular flexibility index (Phi) is 6.19. The maximum atomic E-state index is 12.0. The van der Waals surface area contributed by atoms with Crippen LogP contribution < -0.4 is 10.6 Å². The molecule has 1 fully saturated rings. The smallest absolute Gasteiger partial charge is 0.329 e. The number of nitrogens with zero attached hydrogens (tertiary/aromatic N) is 1. The lowest BCUT2D eigenvalue weighted by atomic mass is 10.0. The van der Waals surface area contributed by atoms with Gasteiger partial charge in [0.15, 0.2) is 0 Å². The minimum Gasteiger partial charge on any atom is -0.329 e. The van der Waals surface area contributed by atoms with Crippen LogP contribution in [0.3, 0.4) is 0 Å². The van der Waals surface area contributed by atoms with E-state index in [2.05, 4.69) is 0 Å². The summed E-state index contributed by atoms with van der Waals surface area (Å²) in [5.41, 5.74) is 1.16. The second-order valence-electron chi connectivity index (χ2n) is 5.80. The molecule has 24 heavy (non-hydrogen) atoms. The predicted molar refractivity (Wildman–Crippen MR) is 82.3 cm³/mol. The van der Waals surface area contributed by atoms with E-state index in [1.807, 2.05) is 40.5 Å². The Bertz CT molecular complexity index is 563. The van der Waals surface area contributed by atoms with Crippen LogP contribution in [-0.4, -0.2) is 48.7 Å². The number of alkyl halides is 3. The molecule has 1 atom stereocenters. The molecule has 1 aliphatic rings. The summed E-state index contributed by atoms with van der Waals surface area (Å²) in [6, 6.07) is 8.93. The largest absolute Gasteiger partial charge is 0.405 e. The number of rotatable bonds is 5. The van der Waals surface area contributed by atoms with Crippen LogP contribution in [0.15, 0.2) is 30.3 Å². The molecule has 8 heteroatoms. The summed E-state index contributed by atoms with van der Waals surface area (Å²) in [5, 5.41) is 3.55. The van der Waals surface area contributed by atoms with Crippen molar-refractivity contribution >= 4 is 11.9 Å². The molecule has 1 heterocycles. The van der Waals surface area contributed by atoms with Crippen LogP contribution in [0.4, 0.5) is 18.0 Å². The second-order valence-corrected chi connectivity index (χ2v) is 5.80. The molecule has 0 bridgehead atoms. The van der Waals surface area contributed by atoms with Crippen molar-refractivity contribution in [3.05, 3.63) is 35.9 Å². The van der Waals surface area contributed by atoms with Crippen LogP contribution in [-0.2, 0) is 11.2 Å². The topological polar surface area (TPSA) is 61.4 Å². The highest BCUT2D eigenvalue weighted by Crippen LogP contribution is 2.20. The highest BCUT2D eigenvalue weighted by Gasteiger charge is 2.29. The van der Waals surface area contributed by atoms with Gasteiger partial charge in [0.05, 0.1) is 6.54 Å². The molecule has 0 aliphatic carbocycles. The number of hydrogen-bond donors (Lipinski definition) is 2. The lowest BCUT2D eigenvalue weighted by molar-refractivity contribution is -0.125. The van der Waals surface area contributed by atoms with Gasteiger partial charge in [-0.15, -0.1) is 0 Å². The summed E-state index contributed by atoms with van der Waals surface area (Å²) in [6.07, 6.45) is -1.81. The fourth-order valence-corrected chi connectivity index (χ4v) is 2.80. The zero-order valence-corrected chi connectivity index (χ0v) is 13.1. The predicted octanol–water partition coefficient (Wildman–Crippen LogP) is 2.08. The van der Waals surface area contributed by atoms with Crippen molar-refractivity contribution in [2.45, 2.75) is 31.5 Å². The second kappa shape index (κ2) is 8.14. The van der Waals surface area contributed by atoms with Gasteiger partial charge in [-0.1, -0.05) is 30.3 Å². The molecule has 0 aromatic heterocycles. The molecule has 0 spiro atoms. The minimum atomic E-state index is -4.50. The quantitative estimate of drug-likeness (QED) is 0.861. The van der Waals surface area contributed by atoms with Gasteiger partial charge in [-0.2, -0.15) is 13.2 Å². The van der Waals surface area contributed by atoms with E-state index in [1.165, 1.54) is 0 Å². The first-order valence-corrected chi connectivity index (χ1v) is 7.76. The molecule has 1 aliphatic heterocycles. The van der Waals surface area contributed by atoms with E-state index in [-0.39, 0.29) is 12.6 Å². The molecular formula is C16H20F3N3O2. The summed E-state index contributed by atoms with van der Waals surface area (Å²) < 4.78 is 36.0. The Morgan fingerprint density at radius 3 is 2.58 bits per heavy atom. The van der Waals surface area contributed by atoms with Gasteiger partial charge in [0.2, 0.25) is 5.91 Å². The normalized spacial score (nSPS) is 18.4. The first kappa shape index (κ1) is 18.3. The third-order valence-electron chi connectivity index (χ3n) is 3.86. The summed E-state index contributed by atoms with van der Waals surface area (Å²) in [6.45, 7) is -0.738. The fourth-order valence-electron chi connectivity index (χ4n) is 2.80. The number of carbonyl (C=O) groups is 2. The lowest BCUT2D eigenvalue weighted by Gasteiger charge is -2.23. The number of halogens is 3. The lowest BCUT2D eigenvalue weighted by Crippen LogP contribution is -2.47. The number of carbonyl (C=O) groups excluding carboxylic acids is 2. The summed E-state index contributed by atoms with van der Waals surface area (Å²) in [4.78, 5) is 25.1. The Morgan fingerprint density at radius 2 is 1.92 bits per heavy atom. The third kappa shape index (κ3) is 6.19. The van der Waals surface area contributed by atoms with Crippen molar-refractivity contribution in [1.82, 2.24) is 15.5 Å². The van der Waals surface area contributed by atoms with Crippen LogP contribution in [0, 0.1) is 0 Å². The van der Waals surface area contributed by atoms with Gasteiger partial charge in [0, 0.05) is 6.04 Å². The molecule has 5 nitrogen and oxygen atoms in total. The van der Waals surface area contributed by atoms with E-state index in [1.54, 1.807) is 5.32 Å². The van der Waals surface area contributed by atoms with Crippen LogP contribution in [0.25, 0.3) is 0 Å². The molecule has 3 amide bonds. The van der Waals surface area contributed by atoms with Crippen LogP contribution in [0.2, 0.25) is 0 Å². The number of benzene rings is 1. The van der Waals surface area contributed by atoms with E-state index in [9.17, 15) is 22.8 Å². The SMILES string of the molecule is O=C(CN1CCC[C@@H]1Cc1ccccc1)NC(=O)NCC(F)(F)F. The fraction of sp³-hybridized carbons (Fsp3) is 0.500. The maximum Gasteiger partial charge on any atom is 0.405 e. The number of urea groups is 1. The Morgan fingerprint density at radius 1 is 1.21 bits per heavy atom. The minimum absolute atomic E-state index is 0.00304. The van der Waals surface area contributed by atoms with Crippen molar-refractivity contribution in [3.8, 4) is 0 Å². The van der Waals surface area contributed by atoms with Crippen molar-refractivity contribution in [3.63, 3.8) is 0 Å². The highest BCUT2D eigenvalue weighted by atomic mass is 19.4. The molecule has 1 saturated heterocycles. The van der Waals surface area contributed by atoms with Crippen molar-refractivity contribution in [2.24, 2.45) is 0 Å². The van der Waals surface area contributed by atoms with Crippen LogP contribution in [0.1, 0.15) is 18.4 Å². The molecule has 0 saturated carbocycles. The van der Waals surface area contributed by atoms with Crippen LogP contribution >= 0.6 is 0 Å². The zero-order valence-electron chi connectivity index (χ0n) is 13.1. The van der Waals surface area contributed by atoms with Crippen LogP contribution in [0.5, 0.6) is 0 Å². The van der Waals surface area contributed by atoms with E-state index in [0.29, 0.717) is 0 Å². The number of nitrogens with one attached hydrogen (secondary N) is 2. The average molecular weight is 343 g/mol. The molecule has 0 unspecified atom stereocenters. The molecular weight excluding hydrogens is 323 g/mol. The molecule has 1 aromatic carbocycles. The molecule has 0 radical (unpaired) electrons. The molecule has 1 aromatic rings. The van der Waals surface area contributed by atoms with Crippen molar-refractivity contribution in [1.29, 1.82) is 0 Å². The average Bonchev–Trinajstić information content (AvgIpc) is 2.92. The summed E-state index contributed by atoms with van der Waals surface area (Å²) >= 11 is 0. The van der Waals surface area contributed by atoms with Gasteiger partial charge in [0.25, 0.3) is 0 Å². The van der Waals surface area contributed by atoms with Gasteiger partial charge >= 0.3 is 12.2 Å². The molecule has 2 N–H and O–H groups in total.